The number of rotatable bonds is 1. The molecule has 0 spiro atoms. The zero-order valence-electron chi connectivity index (χ0n) is 11.2. The van der Waals surface area contributed by atoms with Crippen LogP contribution in [-0.4, -0.2) is 19.6 Å². The molecule has 0 saturated heterocycles. The molecule has 3 aromatic heterocycles. The van der Waals surface area contributed by atoms with Gasteiger partial charge in [0, 0.05) is 11.3 Å². The molecule has 3 aromatic rings. The summed E-state index contributed by atoms with van der Waals surface area (Å²) in [4.78, 5) is 7.45. The van der Waals surface area contributed by atoms with Crippen molar-refractivity contribution in [2.75, 3.05) is 0 Å². The summed E-state index contributed by atoms with van der Waals surface area (Å²) in [6.07, 6.45) is 5.86. The minimum Gasteiger partial charge on any atom is -0.266 e. The Hall–Kier alpha value is -1.49. The van der Waals surface area contributed by atoms with Gasteiger partial charge in [-0.05, 0) is 38.2 Å². The first-order valence-electron chi connectivity index (χ1n) is 6.94. The number of aromatic nitrogens is 4. The average Bonchev–Trinajstić information content (AvgIpc) is 2.98. The highest BCUT2D eigenvalue weighted by Crippen LogP contribution is 2.37. The van der Waals surface area contributed by atoms with E-state index >= 15 is 0 Å². The molecule has 4 nitrogen and oxygen atoms in total. The highest BCUT2D eigenvalue weighted by Gasteiger charge is 2.21. The first kappa shape index (κ1) is 11.3. The van der Waals surface area contributed by atoms with Gasteiger partial charge in [-0.25, -0.2) is 4.98 Å². The van der Waals surface area contributed by atoms with E-state index in [1.54, 1.807) is 0 Å². The van der Waals surface area contributed by atoms with Crippen LogP contribution in [-0.2, 0) is 19.3 Å². The van der Waals surface area contributed by atoms with Crippen molar-refractivity contribution in [2.45, 2.75) is 46.0 Å². The summed E-state index contributed by atoms with van der Waals surface area (Å²) in [5.74, 6) is 2.01. The zero-order chi connectivity index (χ0) is 13.0. The molecule has 0 amide bonds. The molecule has 19 heavy (non-hydrogen) atoms. The van der Waals surface area contributed by atoms with Crippen LogP contribution in [0, 0.1) is 6.92 Å². The summed E-state index contributed by atoms with van der Waals surface area (Å²) in [7, 11) is 0. The first-order valence-corrected chi connectivity index (χ1v) is 7.76. The van der Waals surface area contributed by atoms with Crippen LogP contribution >= 0.6 is 11.3 Å². The van der Waals surface area contributed by atoms with E-state index in [4.69, 9.17) is 4.98 Å². The van der Waals surface area contributed by atoms with E-state index in [9.17, 15) is 0 Å². The van der Waals surface area contributed by atoms with Crippen molar-refractivity contribution >= 4 is 27.2 Å². The van der Waals surface area contributed by atoms with Crippen LogP contribution in [0.5, 0.6) is 0 Å². The van der Waals surface area contributed by atoms with Crippen LogP contribution in [0.3, 0.4) is 0 Å². The van der Waals surface area contributed by atoms with Crippen molar-refractivity contribution in [1.82, 2.24) is 19.6 Å². The molecule has 0 saturated carbocycles. The maximum absolute atomic E-state index is 4.79. The Bertz CT molecular complexity index is 784. The second-order valence-corrected chi connectivity index (χ2v) is 6.26. The summed E-state index contributed by atoms with van der Waals surface area (Å²) in [6.45, 7) is 4.16. The van der Waals surface area contributed by atoms with Gasteiger partial charge in [0.1, 0.15) is 16.5 Å². The predicted molar refractivity (Wildman–Crippen MR) is 76.9 cm³/mol. The van der Waals surface area contributed by atoms with Crippen molar-refractivity contribution in [2.24, 2.45) is 0 Å². The molecule has 0 N–H and O–H groups in total. The SMILES string of the molecule is CCc1nnc2c3c4c(sc3nc(C)n12)CCCC4. The number of nitrogens with zero attached hydrogens (tertiary/aromatic N) is 4. The van der Waals surface area contributed by atoms with Gasteiger partial charge in [-0.1, -0.05) is 6.92 Å². The minimum atomic E-state index is 0.890. The molecule has 0 unspecified atom stereocenters. The van der Waals surface area contributed by atoms with E-state index in [0.29, 0.717) is 0 Å². The molecular weight excluding hydrogens is 256 g/mol. The summed E-state index contributed by atoms with van der Waals surface area (Å²) in [5, 5.41) is 10.0. The van der Waals surface area contributed by atoms with Gasteiger partial charge in [0.25, 0.3) is 0 Å². The maximum atomic E-state index is 4.79. The lowest BCUT2D eigenvalue weighted by Gasteiger charge is -2.10. The highest BCUT2D eigenvalue weighted by atomic mass is 32.1. The van der Waals surface area contributed by atoms with E-state index in [1.807, 2.05) is 18.3 Å². The Kier molecular flexibility index (Phi) is 2.39. The lowest BCUT2D eigenvalue weighted by atomic mass is 9.97. The van der Waals surface area contributed by atoms with E-state index in [2.05, 4.69) is 21.5 Å². The fraction of sp³-hybridized carbons (Fsp3) is 0.500. The lowest BCUT2D eigenvalue weighted by Crippen LogP contribution is -2.02. The Balaban J connectivity index is 2.17. The maximum Gasteiger partial charge on any atom is 0.172 e. The zero-order valence-corrected chi connectivity index (χ0v) is 12.0. The molecule has 98 valence electrons. The molecule has 0 radical (unpaired) electrons. The van der Waals surface area contributed by atoms with E-state index in [0.717, 1.165) is 28.5 Å². The van der Waals surface area contributed by atoms with Gasteiger partial charge in [0.2, 0.25) is 0 Å². The van der Waals surface area contributed by atoms with Gasteiger partial charge >= 0.3 is 0 Å². The molecule has 0 atom stereocenters. The van der Waals surface area contributed by atoms with Crippen molar-refractivity contribution < 1.29 is 0 Å². The molecule has 0 aliphatic heterocycles. The fourth-order valence-corrected chi connectivity index (χ4v) is 4.41. The van der Waals surface area contributed by atoms with E-state index in [-0.39, 0.29) is 0 Å². The first-order chi connectivity index (χ1) is 9.29. The van der Waals surface area contributed by atoms with Gasteiger partial charge in [-0.2, -0.15) is 0 Å². The Labute approximate surface area is 115 Å². The van der Waals surface area contributed by atoms with Crippen LogP contribution in [0.15, 0.2) is 0 Å². The molecule has 1 aliphatic carbocycles. The molecule has 0 aromatic carbocycles. The molecule has 4 rings (SSSR count). The summed E-state index contributed by atoms with van der Waals surface area (Å²) in [6, 6.07) is 0. The Morgan fingerprint density at radius 2 is 2.05 bits per heavy atom. The summed E-state index contributed by atoms with van der Waals surface area (Å²) >= 11 is 1.85. The highest BCUT2D eigenvalue weighted by molar-refractivity contribution is 7.19. The second-order valence-electron chi connectivity index (χ2n) is 5.18. The molecule has 1 aliphatic rings. The smallest absolute Gasteiger partial charge is 0.172 e. The van der Waals surface area contributed by atoms with Crippen molar-refractivity contribution in [1.29, 1.82) is 0 Å². The van der Waals surface area contributed by atoms with Gasteiger partial charge in [0.15, 0.2) is 5.65 Å². The van der Waals surface area contributed by atoms with Crippen LogP contribution in [0.2, 0.25) is 0 Å². The topological polar surface area (TPSA) is 43.1 Å². The van der Waals surface area contributed by atoms with Gasteiger partial charge in [-0.3, -0.25) is 4.40 Å². The monoisotopic (exact) mass is 272 g/mol. The molecule has 3 heterocycles. The van der Waals surface area contributed by atoms with E-state index < -0.39 is 0 Å². The lowest BCUT2D eigenvalue weighted by molar-refractivity contribution is 0.700. The third-order valence-corrected chi connectivity index (χ3v) is 5.20. The predicted octanol–water partition coefficient (Wildman–Crippen LogP) is 3.09. The van der Waals surface area contributed by atoms with Crippen LogP contribution in [0.4, 0.5) is 0 Å². The van der Waals surface area contributed by atoms with Crippen LogP contribution in [0.25, 0.3) is 15.9 Å². The van der Waals surface area contributed by atoms with Gasteiger partial charge < -0.3 is 0 Å². The standard InChI is InChI=1S/C14H16N4S/c1-3-11-16-17-13-12-9-6-4-5-7-10(9)19-14(12)15-8(2)18(11)13/h3-7H2,1-2H3. The largest absolute Gasteiger partial charge is 0.266 e. The molecular formula is C14H16N4S. The number of fused-ring (bicyclic) bond motifs is 5. The van der Waals surface area contributed by atoms with Crippen LogP contribution < -0.4 is 0 Å². The Morgan fingerprint density at radius 1 is 1.21 bits per heavy atom. The van der Waals surface area contributed by atoms with Gasteiger partial charge in [-0.15, -0.1) is 21.5 Å². The van der Waals surface area contributed by atoms with Gasteiger partial charge in [0.05, 0.1) is 5.39 Å². The quantitative estimate of drug-likeness (QED) is 0.683. The normalized spacial score (nSPS) is 15.3. The van der Waals surface area contributed by atoms with Crippen molar-refractivity contribution in [3.8, 4) is 0 Å². The van der Waals surface area contributed by atoms with Crippen LogP contribution in [0.1, 0.15) is 41.9 Å². The average molecular weight is 272 g/mol. The second kappa shape index (κ2) is 4.00. The molecule has 5 heteroatoms. The third-order valence-electron chi connectivity index (χ3n) is 4.01. The Morgan fingerprint density at radius 3 is 2.89 bits per heavy atom. The molecule has 0 bridgehead atoms. The van der Waals surface area contributed by atoms with Crippen molar-refractivity contribution in [3.63, 3.8) is 0 Å². The number of hydrogen-bond acceptors (Lipinski definition) is 4. The fourth-order valence-electron chi connectivity index (χ4n) is 3.11. The number of thiophene rings is 1. The number of aryl methyl sites for hydroxylation is 4. The summed E-state index contributed by atoms with van der Waals surface area (Å²) in [5.41, 5.74) is 2.50. The molecule has 0 fully saturated rings. The van der Waals surface area contributed by atoms with E-state index in [1.165, 1.54) is 41.5 Å². The van der Waals surface area contributed by atoms with Crippen molar-refractivity contribution in [3.05, 3.63) is 22.1 Å². The number of hydrogen-bond donors (Lipinski definition) is 0. The summed E-state index contributed by atoms with van der Waals surface area (Å²) < 4.78 is 2.13. The third kappa shape index (κ3) is 1.48. The minimum absolute atomic E-state index is 0.890.